The summed E-state index contributed by atoms with van der Waals surface area (Å²) in [5.74, 6) is 1.97. The third-order valence-corrected chi connectivity index (χ3v) is 6.16. The van der Waals surface area contributed by atoms with E-state index in [1.807, 2.05) is 11.3 Å². The molecule has 3 aromatic rings. The Morgan fingerprint density at radius 2 is 1.35 bits per heavy atom. The topological polar surface area (TPSA) is 18.5 Å². The van der Waals surface area contributed by atoms with Gasteiger partial charge in [0.25, 0.3) is 0 Å². The molecule has 0 radical (unpaired) electrons. The van der Waals surface area contributed by atoms with Crippen LogP contribution in [0.25, 0.3) is 20.2 Å². The number of benzene rings is 2. The molecule has 26 heavy (non-hydrogen) atoms. The van der Waals surface area contributed by atoms with Gasteiger partial charge in [0.2, 0.25) is 0 Å². The average Bonchev–Trinajstić information content (AvgIpc) is 2.96. The molecule has 3 rings (SSSR count). The van der Waals surface area contributed by atoms with Crippen molar-refractivity contribution in [2.24, 2.45) is 0 Å². The lowest BCUT2D eigenvalue weighted by atomic mass is 10.1. The summed E-state index contributed by atoms with van der Waals surface area (Å²) in [4.78, 5) is 0. The molecule has 3 heteroatoms. The van der Waals surface area contributed by atoms with Gasteiger partial charge in [-0.15, -0.1) is 11.3 Å². The fourth-order valence-electron chi connectivity index (χ4n) is 3.47. The van der Waals surface area contributed by atoms with E-state index < -0.39 is 0 Å². The van der Waals surface area contributed by atoms with Gasteiger partial charge in [-0.25, -0.2) is 0 Å². The van der Waals surface area contributed by atoms with Crippen LogP contribution in [0.15, 0.2) is 24.3 Å². The zero-order valence-corrected chi connectivity index (χ0v) is 17.3. The molecule has 1 heterocycles. The lowest BCUT2D eigenvalue weighted by Crippen LogP contribution is -1.98. The van der Waals surface area contributed by atoms with Crippen LogP contribution in [0, 0.1) is 13.8 Å². The fourth-order valence-corrected chi connectivity index (χ4v) is 4.74. The summed E-state index contributed by atoms with van der Waals surface area (Å²) in [5.41, 5.74) is 2.40. The Kier molecular flexibility index (Phi) is 6.42. The number of thiophene rings is 1. The van der Waals surface area contributed by atoms with Crippen LogP contribution in [0.2, 0.25) is 0 Å². The summed E-state index contributed by atoms with van der Waals surface area (Å²) in [6.45, 7) is 7.31. The highest BCUT2D eigenvalue weighted by molar-refractivity contribution is 7.25. The number of hydrogen-bond donors (Lipinski definition) is 0. The number of methoxy groups -OCH3 is 1. The van der Waals surface area contributed by atoms with Crippen molar-refractivity contribution < 1.29 is 9.47 Å². The molecule has 0 aliphatic carbocycles. The normalized spacial score (nSPS) is 11.4. The molecule has 0 saturated heterocycles. The SMILES string of the molecule is CCCCCCCCOc1cc2c(cc1C)sc1cc(C)c(OC)cc12. The molecule has 0 aliphatic heterocycles. The van der Waals surface area contributed by atoms with E-state index in [1.165, 1.54) is 63.4 Å². The van der Waals surface area contributed by atoms with E-state index in [4.69, 9.17) is 9.47 Å². The third-order valence-electron chi connectivity index (χ3n) is 5.04. The van der Waals surface area contributed by atoms with E-state index in [0.29, 0.717) is 0 Å². The Morgan fingerprint density at radius 3 is 2.00 bits per heavy atom. The van der Waals surface area contributed by atoms with Crippen LogP contribution in [0.1, 0.15) is 56.6 Å². The van der Waals surface area contributed by atoms with Crippen molar-refractivity contribution in [3.63, 3.8) is 0 Å². The predicted molar refractivity (Wildman–Crippen MR) is 114 cm³/mol. The summed E-state index contributed by atoms with van der Waals surface area (Å²) in [7, 11) is 1.74. The molecule has 0 aliphatic rings. The zero-order chi connectivity index (χ0) is 18.5. The van der Waals surface area contributed by atoms with Crippen LogP contribution in [0.4, 0.5) is 0 Å². The maximum absolute atomic E-state index is 6.12. The molecule has 0 amide bonds. The van der Waals surface area contributed by atoms with Gasteiger partial charge in [-0.2, -0.15) is 0 Å². The van der Waals surface area contributed by atoms with Crippen LogP contribution in [0.5, 0.6) is 11.5 Å². The van der Waals surface area contributed by atoms with E-state index in [0.717, 1.165) is 24.5 Å². The Hall–Kier alpha value is -1.74. The van der Waals surface area contributed by atoms with E-state index >= 15 is 0 Å². The predicted octanol–water partition coefficient (Wildman–Crippen LogP) is 7.42. The number of unbranched alkanes of at least 4 members (excludes halogenated alkanes) is 5. The van der Waals surface area contributed by atoms with Crippen molar-refractivity contribution in [1.82, 2.24) is 0 Å². The van der Waals surface area contributed by atoms with Gasteiger partial charge >= 0.3 is 0 Å². The van der Waals surface area contributed by atoms with E-state index in [-0.39, 0.29) is 0 Å². The molecule has 0 atom stereocenters. The first-order chi connectivity index (χ1) is 12.6. The van der Waals surface area contributed by atoms with Crippen LogP contribution in [-0.2, 0) is 0 Å². The smallest absolute Gasteiger partial charge is 0.122 e. The molecule has 0 saturated carbocycles. The molecule has 140 valence electrons. The molecular weight excluding hydrogens is 340 g/mol. The molecule has 0 bridgehead atoms. The van der Waals surface area contributed by atoms with Crippen molar-refractivity contribution in [2.45, 2.75) is 59.3 Å². The quantitative estimate of drug-likeness (QED) is 0.365. The minimum absolute atomic E-state index is 0.809. The average molecular weight is 371 g/mol. The molecule has 0 unspecified atom stereocenters. The van der Waals surface area contributed by atoms with Crippen molar-refractivity contribution in [3.8, 4) is 11.5 Å². The summed E-state index contributed by atoms with van der Waals surface area (Å²) in [6.07, 6.45) is 7.73. The number of ether oxygens (including phenoxy) is 2. The van der Waals surface area contributed by atoms with E-state index in [2.05, 4.69) is 45.0 Å². The van der Waals surface area contributed by atoms with E-state index in [1.54, 1.807) is 7.11 Å². The highest BCUT2D eigenvalue weighted by Gasteiger charge is 2.11. The van der Waals surface area contributed by atoms with Gasteiger partial charge in [0, 0.05) is 20.2 Å². The van der Waals surface area contributed by atoms with Crippen molar-refractivity contribution in [3.05, 3.63) is 35.4 Å². The Bertz CT molecular complexity index is 879. The van der Waals surface area contributed by atoms with Crippen molar-refractivity contribution >= 4 is 31.5 Å². The van der Waals surface area contributed by atoms with Gasteiger partial charge in [0.05, 0.1) is 13.7 Å². The molecule has 1 aromatic heterocycles. The first-order valence-electron chi connectivity index (χ1n) is 9.78. The van der Waals surface area contributed by atoms with Crippen molar-refractivity contribution in [1.29, 1.82) is 0 Å². The van der Waals surface area contributed by atoms with Gasteiger partial charge in [-0.3, -0.25) is 0 Å². The monoisotopic (exact) mass is 370 g/mol. The second kappa shape index (κ2) is 8.77. The van der Waals surface area contributed by atoms with Gasteiger partial charge in [-0.05, 0) is 55.7 Å². The first kappa shape index (κ1) is 19.0. The van der Waals surface area contributed by atoms with Crippen molar-refractivity contribution in [2.75, 3.05) is 13.7 Å². The molecule has 0 N–H and O–H groups in total. The number of rotatable bonds is 9. The standard InChI is InChI=1S/C23H30O2S/c1-5-6-7-8-9-10-11-25-21-15-19-18-14-20(24-4)16(2)12-22(18)26-23(19)13-17(21)3/h12-15H,5-11H2,1-4H3. The molecular formula is C23H30O2S. The van der Waals surface area contributed by atoms with Gasteiger partial charge in [0.1, 0.15) is 11.5 Å². The second-order valence-electron chi connectivity index (χ2n) is 7.15. The van der Waals surface area contributed by atoms with Gasteiger partial charge in [0.15, 0.2) is 0 Å². The maximum Gasteiger partial charge on any atom is 0.122 e. The number of hydrogen-bond acceptors (Lipinski definition) is 3. The second-order valence-corrected chi connectivity index (χ2v) is 8.23. The van der Waals surface area contributed by atoms with E-state index in [9.17, 15) is 0 Å². The van der Waals surface area contributed by atoms with Crippen LogP contribution in [0.3, 0.4) is 0 Å². The Labute approximate surface area is 161 Å². The summed E-state index contributed by atoms with van der Waals surface area (Å²) in [5, 5.41) is 2.53. The van der Waals surface area contributed by atoms with Crippen LogP contribution >= 0.6 is 11.3 Å². The molecule has 0 spiro atoms. The maximum atomic E-state index is 6.12. The van der Waals surface area contributed by atoms with Crippen LogP contribution < -0.4 is 9.47 Å². The lowest BCUT2D eigenvalue weighted by molar-refractivity contribution is 0.303. The summed E-state index contributed by atoms with van der Waals surface area (Å²) >= 11 is 1.85. The zero-order valence-electron chi connectivity index (χ0n) is 16.5. The van der Waals surface area contributed by atoms with Crippen LogP contribution in [-0.4, -0.2) is 13.7 Å². The Balaban J connectivity index is 1.76. The largest absolute Gasteiger partial charge is 0.496 e. The van der Waals surface area contributed by atoms with Gasteiger partial charge in [-0.1, -0.05) is 39.0 Å². The molecule has 2 aromatic carbocycles. The summed E-state index contributed by atoms with van der Waals surface area (Å²) in [6, 6.07) is 8.87. The minimum Gasteiger partial charge on any atom is -0.496 e. The lowest BCUT2D eigenvalue weighted by Gasteiger charge is -2.10. The highest BCUT2D eigenvalue weighted by Crippen LogP contribution is 2.40. The molecule has 2 nitrogen and oxygen atoms in total. The first-order valence-corrected chi connectivity index (χ1v) is 10.6. The number of aryl methyl sites for hydroxylation is 2. The van der Waals surface area contributed by atoms with Gasteiger partial charge < -0.3 is 9.47 Å². The molecule has 0 fully saturated rings. The fraction of sp³-hybridized carbons (Fsp3) is 0.478. The Morgan fingerprint density at radius 1 is 0.769 bits per heavy atom. The summed E-state index contributed by atoms with van der Waals surface area (Å²) < 4.78 is 14.3. The minimum atomic E-state index is 0.809. The highest BCUT2D eigenvalue weighted by atomic mass is 32.1. The third kappa shape index (κ3) is 4.15. The number of fused-ring (bicyclic) bond motifs is 3.